The van der Waals surface area contributed by atoms with Gasteiger partial charge in [-0.3, -0.25) is 4.79 Å². The van der Waals surface area contributed by atoms with E-state index in [2.05, 4.69) is 0 Å². The van der Waals surface area contributed by atoms with Crippen LogP contribution in [0.4, 0.5) is 0 Å². The molecule has 2 rings (SSSR count). The zero-order chi connectivity index (χ0) is 13.8. The molecule has 19 heavy (non-hydrogen) atoms. The van der Waals surface area contributed by atoms with Crippen molar-refractivity contribution < 1.29 is 9.53 Å². The summed E-state index contributed by atoms with van der Waals surface area (Å²) in [5, 5.41) is 1.12. The highest BCUT2D eigenvalue weighted by Gasteiger charge is 2.14. The molecule has 0 amide bonds. The highest BCUT2D eigenvalue weighted by Crippen LogP contribution is 2.25. The molecule has 0 aliphatic carbocycles. The van der Waals surface area contributed by atoms with Crippen LogP contribution in [-0.2, 0) is 6.42 Å². The molecule has 0 bridgehead atoms. The third-order valence-electron chi connectivity index (χ3n) is 2.77. The number of halogens is 2. The molecule has 0 spiro atoms. The number of ketones is 1. The maximum absolute atomic E-state index is 12.3. The molecule has 0 aromatic heterocycles. The molecule has 0 heterocycles. The van der Waals surface area contributed by atoms with Gasteiger partial charge in [0.25, 0.3) is 0 Å². The van der Waals surface area contributed by atoms with E-state index < -0.39 is 0 Å². The van der Waals surface area contributed by atoms with E-state index in [0.717, 1.165) is 5.56 Å². The van der Waals surface area contributed by atoms with Crippen molar-refractivity contribution in [2.24, 2.45) is 0 Å². The van der Waals surface area contributed by atoms with Crippen molar-refractivity contribution in [1.82, 2.24) is 0 Å². The van der Waals surface area contributed by atoms with Gasteiger partial charge in [0, 0.05) is 16.5 Å². The minimum Gasteiger partial charge on any atom is -0.496 e. The Hall–Kier alpha value is -1.51. The van der Waals surface area contributed by atoms with E-state index in [0.29, 0.717) is 21.4 Å². The topological polar surface area (TPSA) is 26.3 Å². The maximum atomic E-state index is 12.3. The maximum Gasteiger partial charge on any atom is 0.171 e. The quantitative estimate of drug-likeness (QED) is 0.780. The lowest BCUT2D eigenvalue weighted by Gasteiger charge is -2.08. The van der Waals surface area contributed by atoms with Crippen LogP contribution in [0.5, 0.6) is 5.75 Å². The summed E-state index contributed by atoms with van der Waals surface area (Å²) in [7, 11) is 1.51. The van der Waals surface area contributed by atoms with Crippen LogP contribution in [0.2, 0.25) is 10.0 Å². The fourth-order valence-electron chi connectivity index (χ4n) is 1.81. The fraction of sp³-hybridized carbons (Fsp3) is 0.133. The summed E-state index contributed by atoms with van der Waals surface area (Å²) in [6, 6.07) is 12.3. The lowest BCUT2D eigenvalue weighted by Crippen LogP contribution is -2.06. The molecule has 0 fully saturated rings. The SMILES string of the molecule is COc1cc(Cl)ccc1C(=O)Cc1ccccc1Cl. The zero-order valence-corrected chi connectivity index (χ0v) is 11.8. The lowest BCUT2D eigenvalue weighted by atomic mass is 10.0. The van der Waals surface area contributed by atoms with Gasteiger partial charge in [-0.15, -0.1) is 0 Å². The molecular formula is C15H12Cl2O2. The van der Waals surface area contributed by atoms with Gasteiger partial charge in [-0.05, 0) is 29.8 Å². The van der Waals surface area contributed by atoms with E-state index in [1.165, 1.54) is 7.11 Å². The van der Waals surface area contributed by atoms with E-state index >= 15 is 0 Å². The van der Waals surface area contributed by atoms with Crippen LogP contribution >= 0.6 is 23.2 Å². The predicted molar refractivity (Wildman–Crippen MR) is 77.5 cm³/mol. The average Bonchev–Trinajstić information content (AvgIpc) is 2.41. The molecule has 0 radical (unpaired) electrons. The Labute approximate surface area is 121 Å². The van der Waals surface area contributed by atoms with Crippen molar-refractivity contribution in [3.8, 4) is 5.75 Å². The lowest BCUT2D eigenvalue weighted by molar-refractivity contribution is 0.0990. The smallest absolute Gasteiger partial charge is 0.171 e. The Balaban J connectivity index is 2.28. The summed E-state index contributed by atoms with van der Waals surface area (Å²) in [5.41, 5.74) is 1.30. The number of Topliss-reactive ketones (excluding diaryl/α,β-unsaturated/α-hetero) is 1. The second-order valence-electron chi connectivity index (χ2n) is 4.04. The molecule has 0 aliphatic heterocycles. The van der Waals surface area contributed by atoms with Gasteiger partial charge in [0.1, 0.15) is 5.75 Å². The molecule has 0 saturated carbocycles. The summed E-state index contributed by atoms with van der Waals surface area (Å²) in [4.78, 5) is 12.3. The number of ether oxygens (including phenoxy) is 1. The molecule has 2 aromatic rings. The standard InChI is InChI=1S/C15H12Cl2O2/c1-19-15-9-11(16)6-7-12(15)14(18)8-10-4-2-3-5-13(10)17/h2-7,9H,8H2,1H3. The first-order chi connectivity index (χ1) is 9.11. The summed E-state index contributed by atoms with van der Waals surface area (Å²) < 4.78 is 5.18. The molecule has 0 saturated heterocycles. The summed E-state index contributed by atoms with van der Waals surface area (Å²) in [5.74, 6) is 0.422. The second kappa shape index (κ2) is 6.09. The minimum absolute atomic E-state index is 0.0541. The number of rotatable bonds is 4. The number of methoxy groups -OCH3 is 1. The molecular weight excluding hydrogens is 283 g/mol. The van der Waals surface area contributed by atoms with E-state index in [1.807, 2.05) is 18.2 Å². The second-order valence-corrected chi connectivity index (χ2v) is 4.88. The van der Waals surface area contributed by atoms with E-state index in [1.54, 1.807) is 24.3 Å². The predicted octanol–water partition coefficient (Wildman–Crippen LogP) is 4.43. The van der Waals surface area contributed by atoms with Crippen LogP contribution in [0.25, 0.3) is 0 Å². The first-order valence-corrected chi connectivity index (χ1v) is 6.47. The van der Waals surface area contributed by atoms with Crippen molar-refractivity contribution in [2.75, 3.05) is 7.11 Å². The number of hydrogen-bond donors (Lipinski definition) is 0. The normalized spacial score (nSPS) is 10.3. The third-order valence-corrected chi connectivity index (χ3v) is 3.38. The molecule has 98 valence electrons. The van der Waals surface area contributed by atoms with E-state index in [4.69, 9.17) is 27.9 Å². The summed E-state index contributed by atoms with van der Waals surface area (Å²) in [6.07, 6.45) is 0.234. The van der Waals surface area contributed by atoms with Crippen molar-refractivity contribution in [2.45, 2.75) is 6.42 Å². The van der Waals surface area contributed by atoms with Crippen LogP contribution in [0.1, 0.15) is 15.9 Å². The van der Waals surface area contributed by atoms with Crippen molar-refractivity contribution >= 4 is 29.0 Å². The van der Waals surface area contributed by atoms with Gasteiger partial charge in [-0.2, -0.15) is 0 Å². The molecule has 0 atom stereocenters. The monoisotopic (exact) mass is 294 g/mol. The molecule has 0 aliphatic rings. The Morgan fingerprint density at radius 1 is 1.16 bits per heavy atom. The largest absolute Gasteiger partial charge is 0.496 e. The van der Waals surface area contributed by atoms with E-state index in [-0.39, 0.29) is 12.2 Å². The first kappa shape index (κ1) is 13.9. The van der Waals surface area contributed by atoms with Crippen LogP contribution in [0.3, 0.4) is 0 Å². The van der Waals surface area contributed by atoms with Crippen LogP contribution in [0.15, 0.2) is 42.5 Å². The molecule has 2 aromatic carbocycles. The molecule has 0 N–H and O–H groups in total. The average molecular weight is 295 g/mol. The van der Waals surface area contributed by atoms with Gasteiger partial charge in [0.15, 0.2) is 5.78 Å². The molecule has 0 unspecified atom stereocenters. The molecule has 4 heteroatoms. The van der Waals surface area contributed by atoms with Gasteiger partial charge >= 0.3 is 0 Å². The van der Waals surface area contributed by atoms with Crippen molar-refractivity contribution in [3.05, 3.63) is 63.6 Å². The Kier molecular flexibility index (Phi) is 4.46. The summed E-state index contributed by atoms with van der Waals surface area (Å²) in [6.45, 7) is 0. The van der Waals surface area contributed by atoms with Gasteiger partial charge in [0.05, 0.1) is 12.7 Å². The van der Waals surface area contributed by atoms with Gasteiger partial charge in [-0.1, -0.05) is 41.4 Å². The first-order valence-electron chi connectivity index (χ1n) is 5.72. The van der Waals surface area contributed by atoms with Crippen LogP contribution in [0, 0.1) is 0 Å². The van der Waals surface area contributed by atoms with Crippen molar-refractivity contribution in [1.29, 1.82) is 0 Å². The zero-order valence-electron chi connectivity index (χ0n) is 10.3. The van der Waals surface area contributed by atoms with E-state index in [9.17, 15) is 4.79 Å². The van der Waals surface area contributed by atoms with Gasteiger partial charge < -0.3 is 4.74 Å². The number of carbonyl (C=O) groups is 1. The van der Waals surface area contributed by atoms with Gasteiger partial charge in [-0.25, -0.2) is 0 Å². The molecule has 2 nitrogen and oxygen atoms in total. The Morgan fingerprint density at radius 3 is 2.58 bits per heavy atom. The number of carbonyl (C=O) groups excluding carboxylic acids is 1. The van der Waals surface area contributed by atoms with Crippen LogP contribution < -0.4 is 4.74 Å². The number of benzene rings is 2. The minimum atomic E-state index is -0.0541. The summed E-state index contributed by atoms with van der Waals surface area (Å²) >= 11 is 11.9. The Bertz CT molecular complexity index is 609. The third kappa shape index (κ3) is 3.28. The van der Waals surface area contributed by atoms with Crippen molar-refractivity contribution in [3.63, 3.8) is 0 Å². The van der Waals surface area contributed by atoms with Gasteiger partial charge in [0.2, 0.25) is 0 Å². The highest BCUT2D eigenvalue weighted by atomic mass is 35.5. The van der Waals surface area contributed by atoms with Crippen LogP contribution in [-0.4, -0.2) is 12.9 Å². The highest BCUT2D eigenvalue weighted by molar-refractivity contribution is 6.31. The Morgan fingerprint density at radius 2 is 1.89 bits per heavy atom. The fourth-order valence-corrected chi connectivity index (χ4v) is 2.17. The number of hydrogen-bond acceptors (Lipinski definition) is 2.